The molecule has 8 heteroatoms. The molecule has 0 bridgehead atoms. The van der Waals surface area contributed by atoms with Gasteiger partial charge in [0.1, 0.15) is 12.4 Å². The molecule has 1 heterocycles. The van der Waals surface area contributed by atoms with E-state index in [0.717, 1.165) is 5.56 Å². The van der Waals surface area contributed by atoms with E-state index in [9.17, 15) is 9.59 Å². The Balaban J connectivity index is 1.59. The molecule has 0 aromatic heterocycles. The Morgan fingerprint density at radius 1 is 1.14 bits per heavy atom. The van der Waals surface area contributed by atoms with Crippen molar-refractivity contribution in [3.05, 3.63) is 47.0 Å². The molecule has 2 aromatic carbocycles. The quantitative estimate of drug-likeness (QED) is 0.722. The highest BCUT2D eigenvalue weighted by molar-refractivity contribution is 6.30. The van der Waals surface area contributed by atoms with Gasteiger partial charge in [0.15, 0.2) is 17.6 Å². The van der Waals surface area contributed by atoms with Crippen LogP contribution < -0.4 is 19.5 Å². The van der Waals surface area contributed by atoms with Gasteiger partial charge in [0.2, 0.25) is 0 Å². The molecule has 1 N–H and O–H groups in total. The van der Waals surface area contributed by atoms with E-state index in [-0.39, 0.29) is 6.61 Å². The van der Waals surface area contributed by atoms with Crippen molar-refractivity contribution in [2.24, 2.45) is 5.92 Å². The summed E-state index contributed by atoms with van der Waals surface area (Å²) in [5.74, 6) is 0.278. The largest absolute Gasteiger partial charge is 0.493 e. The predicted octanol–water partition coefficient (Wildman–Crippen LogP) is 3.48. The second-order valence-corrected chi connectivity index (χ2v) is 7.04. The SMILES string of the molecule is COc1ccc(NC(=O)[C@@H](C)OC(=O)[C@H]2COc3ccc(Cl)cc3C2)cc1OC. The van der Waals surface area contributed by atoms with Gasteiger partial charge in [0.05, 0.1) is 20.1 Å². The molecule has 0 saturated heterocycles. The summed E-state index contributed by atoms with van der Waals surface area (Å²) in [7, 11) is 3.03. The lowest BCUT2D eigenvalue weighted by atomic mass is 9.97. The third-order valence-corrected chi connectivity index (χ3v) is 4.81. The molecular weight excluding hydrogens is 398 g/mol. The van der Waals surface area contributed by atoms with Crippen molar-refractivity contribution in [2.75, 3.05) is 26.1 Å². The van der Waals surface area contributed by atoms with Gasteiger partial charge >= 0.3 is 5.97 Å². The van der Waals surface area contributed by atoms with Crippen LogP contribution in [0.4, 0.5) is 5.69 Å². The molecule has 1 aliphatic rings. The molecule has 7 nitrogen and oxygen atoms in total. The van der Waals surface area contributed by atoms with Gasteiger partial charge in [-0.3, -0.25) is 9.59 Å². The van der Waals surface area contributed by atoms with Crippen molar-refractivity contribution >= 4 is 29.2 Å². The summed E-state index contributed by atoms with van der Waals surface area (Å²) in [4.78, 5) is 24.9. The molecular formula is C21H22ClNO6. The third kappa shape index (κ3) is 4.92. The number of halogens is 1. The molecule has 0 unspecified atom stereocenters. The highest BCUT2D eigenvalue weighted by Crippen LogP contribution is 2.31. The molecule has 0 radical (unpaired) electrons. The highest BCUT2D eigenvalue weighted by Gasteiger charge is 2.30. The van der Waals surface area contributed by atoms with Crippen LogP contribution in [0.1, 0.15) is 12.5 Å². The molecule has 0 fully saturated rings. The summed E-state index contributed by atoms with van der Waals surface area (Å²) >= 11 is 6.01. The molecule has 29 heavy (non-hydrogen) atoms. The fraction of sp³-hybridized carbons (Fsp3) is 0.333. The Morgan fingerprint density at radius 2 is 1.90 bits per heavy atom. The summed E-state index contributed by atoms with van der Waals surface area (Å²) in [6.07, 6.45) is -0.532. The fourth-order valence-corrected chi connectivity index (χ4v) is 3.19. The van der Waals surface area contributed by atoms with Gasteiger partial charge in [-0.05, 0) is 49.2 Å². The minimum Gasteiger partial charge on any atom is -0.493 e. The van der Waals surface area contributed by atoms with Crippen molar-refractivity contribution in [2.45, 2.75) is 19.4 Å². The lowest BCUT2D eigenvalue weighted by Gasteiger charge is -2.25. The molecule has 2 aromatic rings. The van der Waals surface area contributed by atoms with Crippen molar-refractivity contribution in [1.29, 1.82) is 0 Å². The van der Waals surface area contributed by atoms with Crippen LogP contribution in [0, 0.1) is 5.92 Å². The smallest absolute Gasteiger partial charge is 0.313 e. The van der Waals surface area contributed by atoms with Crippen LogP contribution in [0.2, 0.25) is 5.02 Å². The van der Waals surface area contributed by atoms with Crippen LogP contribution in [0.5, 0.6) is 17.2 Å². The molecule has 2 atom stereocenters. The van der Waals surface area contributed by atoms with E-state index < -0.39 is 23.9 Å². The van der Waals surface area contributed by atoms with Gasteiger partial charge < -0.3 is 24.3 Å². The van der Waals surface area contributed by atoms with Gasteiger partial charge in [-0.1, -0.05) is 11.6 Å². The molecule has 1 amide bonds. The first-order valence-electron chi connectivity index (χ1n) is 9.06. The Morgan fingerprint density at radius 3 is 2.62 bits per heavy atom. The minimum absolute atomic E-state index is 0.192. The first-order valence-corrected chi connectivity index (χ1v) is 9.43. The number of carbonyl (C=O) groups is 2. The summed E-state index contributed by atoms with van der Waals surface area (Å²) in [5.41, 5.74) is 1.34. The van der Waals surface area contributed by atoms with Gasteiger partial charge in [-0.25, -0.2) is 0 Å². The number of carbonyl (C=O) groups excluding carboxylic acids is 2. The Kier molecular flexibility index (Phi) is 6.49. The maximum atomic E-state index is 12.5. The zero-order valence-electron chi connectivity index (χ0n) is 16.4. The van der Waals surface area contributed by atoms with Crippen molar-refractivity contribution in [3.63, 3.8) is 0 Å². The van der Waals surface area contributed by atoms with Crippen molar-refractivity contribution < 1.29 is 28.5 Å². The molecule has 3 rings (SSSR count). The maximum absolute atomic E-state index is 12.5. The molecule has 154 valence electrons. The number of hydrogen-bond donors (Lipinski definition) is 1. The Bertz CT molecular complexity index is 916. The molecule has 0 saturated carbocycles. The molecule has 1 aliphatic heterocycles. The number of esters is 1. The average Bonchev–Trinajstić information content (AvgIpc) is 2.72. The average molecular weight is 420 g/mol. The zero-order chi connectivity index (χ0) is 21.0. The number of hydrogen-bond acceptors (Lipinski definition) is 6. The summed E-state index contributed by atoms with van der Waals surface area (Å²) in [6.45, 7) is 1.71. The summed E-state index contributed by atoms with van der Waals surface area (Å²) < 4.78 is 21.3. The second kappa shape index (κ2) is 9.05. The number of anilines is 1. The van der Waals surface area contributed by atoms with Gasteiger partial charge in [0, 0.05) is 16.8 Å². The van der Waals surface area contributed by atoms with Crippen LogP contribution in [0.15, 0.2) is 36.4 Å². The Hall–Kier alpha value is -2.93. The van der Waals surface area contributed by atoms with Crippen LogP contribution in [-0.2, 0) is 20.7 Å². The minimum atomic E-state index is -0.976. The van der Waals surface area contributed by atoms with Crippen LogP contribution in [-0.4, -0.2) is 38.8 Å². The monoisotopic (exact) mass is 419 g/mol. The van der Waals surface area contributed by atoms with Crippen LogP contribution in [0.25, 0.3) is 0 Å². The lowest BCUT2D eigenvalue weighted by molar-refractivity contribution is -0.158. The number of rotatable bonds is 6. The molecule has 0 spiro atoms. The van der Waals surface area contributed by atoms with E-state index in [4.69, 9.17) is 30.5 Å². The predicted molar refractivity (Wildman–Crippen MR) is 108 cm³/mol. The molecule has 0 aliphatic carbocycles. The zero-order valence-corrected chi connectivity index (χ0v) is 17.1. The second-order valence-electron chi connectivity index (χ2n) is 6.60. The summed E-state index contributed by atoms with van der Waals surface area (Å²) in [5, 5.41) is 3.27. The number of benzene rings is 2. The van der Waals surface area contributed by atoms with Crippen molar-refractivity contribution in [3.8, 4) is 17.2 Å². The lowest BCUT2D eigenvalue weighted by Crippen LogP contribution is -2.36. The number of methoxy groups -OCH3 is 2. The van der Waals surface area contributed by atoms with E-state index >= 15 is 0 Å². The topological polar surface area (TPSA) is 83.1 Å². The van der Waals surface area contributed by atoms with Gasteiger partial charge in [0.25, 0.3) is 5.91 Å². The number of fused-ring (bicyclic) bond motifs is 1. The van der Waals surface area contributed by atoms with Crippen LogP contribution >= 0.6 is 11.6 Å². The number of amides is 1. The van der Waals surface area contributed by atoms with Crippen LogP contribution in [0.3, 0.4) is 0 Å². The van der Waals surface area contributed by atoms with E-state index in [0.29, 0.717) is 34.4 Å². The first kappa shape index (κ1) is 20.8. The van der Waals surface area contributed by atoms with Crippen molar-refractivity contribution in [1.82, 2.24) is 0 Å². The number of nitrogens with one attached hydrogen (secondary N) is 1. The standard InChI is InChI=1S/C21H22ClNO6/c1-12(20(24)23-16-5-7-18(26-2)19(10-16)27-3)29-21(25)14-8-13-9-15(22)4-6-17(13)28-11-14/h4-7,9-10,12,14H,8,11H2,1-3H3,(H,23,24)/t12-,14-/m1/s1. The van der Waals surface area contributed by atoms with E-state index in [1.165, 1.54) is 21.1 Å². The third-order valence-electron chi connectivity index (χ3n) is 4.58. The normalized spacial score (nSPS) is 16.1. The highest BCUT2D eigenvalue weighted by atomic mass is 35.5. The Labute approximate surface area is 173 Å². The maximum Gasteiger partial charge on any atom is 0.313 e. The van der Waals surface area contributed by atoms with E-state index in [1.807, 2.05) is 0 Å². The number of ether oxygens (including phenoxy) is 4. The van der Waals surface area contributed by atoms with Gasteiger partial charge in [-0.2, -0.15) is 0 Å². The van der Waals surface area contributed by atoms with Gasteiger partial charge in [-0.15, -0.1) is 0 Å². The fourth-order valence-electron chi connectivity index (χ4n) is 3.00. The first-order chi connectivity index (χ1) is 13.9. The summed E-state index contributed by atoms with van der Waals surface area (Å²) in [6, 6.07) is 10.2. The van der Waals surface area contributed by atoms with E-state index in [2.05, 4.69) is 5.32 Å². The van der Waals surface area contributed by atoms with E-state index in [1.54, 1.807) is 36.4 Å².